The Hall–Kier alpha value is -5.23. The zero-order chi connectivity index (χ0) is 44.3. The minimum atomic E-state index is -5.18. The Bertz CT molecular complexity index is 2990. The first kappa shape index (κ1) is 42.5. The summed E-state index contributed by atoms with van der Waals surface area (Å²) in [4.78, 5) is 33.2. The maximum Gasteiger partial charge on any atom is 0.435 e. The molecule has 2 N–H and O–H groups in total. The largest absolute Gasteiger partial charge is 0.435 e. The van der Waals surface area contributed by atoms with E-state index < -0.39 is 134 Å². The fraction of sp³-hybridized carbons (Fsp3) is 0.306. The van der Waals surface area contributed by atoms with Gasteiger partial charge in [-0.15, -0.1) is 0 Å². The minimum absolute atomic E-state index is 0.109. The number of anilines is 1. The standard InChI is InChI=1S/C36H24BrClF10N8O4S/c1-61(59,60)53-31-27-21(38)4-5-24(28(27)55(52-31)13-34(41,42)43)56-32(50-22-9-15(37)2-3-18(22)33(56)58)23(8-14-6-16(39)10-17(40)7-14)49-25(57)12-54-30-26(29(51-54)36(46,47)48)19-11-20(19)35(30,44)45/h2-7,9-10,19-20,23H,8,11-13H2,1H3,(H,49,57)(H,52,53)/t19-,20+,23-/m0/s1. The Morgan fingerprint density at radius 1 is 1.02 bits per heavy atom. The Labute approximate surface area is 348 Å². The molecule has 3 heterocycles. The molecular weight excluding hydrogens is 946 g/mol. The van der Waals surface area contributed by atoms with Gasteiger partial charge in [0, 0.05) is 28.4 Å². The van der Waals surface area contributed by atoms with Gasteiger partial charge in [0.15, 0.2) is 11.5 Å². The van der Waals surface area contributed by atoms with E-state index >= 15 is 8.78 Å². The third-order valence-electron chi connectivity index (χ3n) is 10.0. The topological polar surface area (TPSA) is 146 Å². The molecule has 3 aromatic carbocycles. The van der Waals surface area contributed by atoms with E-state index in [1.807, 2.05) is 4.72 Å². The summed E-state index contributed by atoms with van der Waals surface area (Å²) < 4.78 is 173. The summed E-state index contributed by atoms with van der Waals surface area (Å²) in [6.07, 6.45) is -10.4. The summed E-state index contributed by atoms with van der Waals surface area (Å²) in [5.74, 6) is -11.2. The van der Waals surface area contributed by atoms with Crippen molar-refractivity contribution in [2.24, 2.45) is 5.92 Å². The highest BCUT2D eigenvalue weighted by Crippen LogP contribution is 2.68. The van der Waals surface area contributed by atoms with Gasteiger partial charge in [-0.3, -0.25) is 28.2 Å². The zero-order valence-corrected chi connectivity index (χ0v) is 33.6. The second-order valence-electron chi connectivity index (χ2n) is 14.5. The predicted octanol–water partition coefficient (Wildman–Crippen LogP) is 7.89. The molecule has 0 spiro atoms. The van der Waals surface area contributed by atoms with Crippen LogP contribution in [0.5, 0.6) is 0 Å². The second kappa shape index (κ2) is 14.4. The summed E-state index contributed by atoms with van der Waals surface area (Å²) >= 11 is 9.69. The lowest BCUT2D eigenvalue weighted by molar-refractivity contribution is -0.142. The van der Waals surface area contributed by atoms with Gasteiger partial charge in [-0.1, -0.05) is 27.5 Å². The van der Waals surface area contributed by atoms with Crippen LogP contribution in [-0.2, 0) is 46.4 Å². The van der Waals surface area contributed by atoms with Crippen LogP contribution >= 0.6 is 27.5 Å². The zero-order valence-electron chi connectivity index (χ0n) is 30.4. The Kier molecular flexibility index (Phi) is 10.0. The molecule has 0 aliphatic heterocycles. The van der Waals surface area contributed by atoms with Gasteiger partial charge in [0.25, 0.3) is 11.5 Å². The first-order chi connectivity index (χ1) is 28.3. The first-order valence-corrected chi connectivity index (χ1v) is 20.6. The monoisotopic (exact) mass is 968 g/mol. The van der Waals surface area contributed by atoms with Crippen molar-refractivity contribution < 1.29 is 57.1 Å². The highest BCUT2D eigenvalue weighted by molar-refractivity contribution is 9.10. The lowest BCUT2D eigenvalue weighted by Gasteiger charge is -2.24. The third-order valence-corrected chi connectivity index (χ3v) is 11.4. The van der Waals surface area contributed by atoms with Gasteiger partial charge >= 0.3 is 12.4 Å². The van der Waals surface area contributed by atoms with Crippen LogP contribution in [0.3, 0.4) is 0 Å². The number of hydrogen-bond acceptors (Lipinski definition) is 7. The number of rotatable bonds is 10. The summed E-state index contributed by atoms with van der Waals surface area (Å²) in [6.45, 7) is -3.14. The number of nitrogens with one attached hydrogen (secondary N) is 2. The third kappa shape index (κ3) is 7.92. The molecule has 2 aliphatic carbocycles. The van der Waals surface area contributed by atoms with E-state index in [-0.39, 0.29) is 32.6 Å². The minimum Gasteiger partial charge on any atom is -0.344 e. The summed E-state index contributed by atoms with van der Waals surface area (Å²) in [5.41, 5.74) is -5.90. The van der Waals surface area contributed by atoms with E-state index in [1.165, 1.54) is 18.2 Å². The number of carbonyl (C=O) groups excluding carboxylic acids is 1. The van der Waals surface area contributed by atoms with Crippen molar-refractivity contribution in [2.75, 3.05) is 11.0 Å². The summed E-state index contributed by atoms with van der Waals surface area (Å²) in [7, 11) is -4.23. The van der Waals surface area contributed by atoms with Crippen molar-refractivity contribution in [3.05, 3.63) is 108 Å². The molecule has 3 atom stereocenters. The van der Waals surface area contributed by atoms with Crippen molar-refractivity contribution in [1.82, 2.24) is 34.4 Å². The molecular formula is C36H24BrClF10N8O4S. The fourth-order valence-electron chi connectivity index (χ4n) is 7.76. The Morgan fingerprint density at radius 3 is 2.34 bits per heavy atom. The molecule has 0 radical (unpaired) electrons. The molecule has 2 aliphatic rings. The van der Waals surface area contributed by atoms with E-state index in [2.05, 4.69) is 36.4 Å². The average molecular weight is 970 g/mol. The van der Waals surface area contributed by atoms with Crippen molar-refractivity contribution in [2.45, 2.75) is 56.2 Å². The van der Waals surface area contributed by atoms with Crippen LogP contribution in [0.2, 0.25) is 5.02 Å². The highest BCUT2D eigenvalue weighted by Gasteiger charge is 2.68. The van der Waals surface area contributed by atoms with Gasteiger partial charge in [0.05, 0.1) is 44.8 Å². The van der Waals surface area contributed by atoms with Gasteiger partial charge in [0.1, 0.15) is 36.2 Å². The smallest absolute Gasteiger partial charge is 0.344 e. The van der Waals surface area contributed by atoms with Crippen molar-refractivity contribution in [1.29, 1.82) is 0 Å². The number of hydrogen-bond donors (Lipinski definition) is 2. The normalized spacial score (nSPS) is 17.7. The number of halogens is 12. The van der Waals surface area contributed by atoms with E-state index in [0.717, 1.165) is 24.3 Å². The van der Waals surface area contributed by atoms with E-state index in [4.69, 9.17) is 11.6 Å². The number of nitrogens with zero attached hydrogens (tertiary/aromatic N) is 6. The Morgan fingerprint density at radius 2 is 1.70 bits per heavy atom. The fourth-order valence-corrected chi connectivity index (χ4v) is 8.84. The molecule has 1 amide bonds. The highest BCUT2D eigenvalue weighted by atomic mass is 79.9. The number of benzene rings is 3. The molecule has 61 heavy (non-hydrogen) atoms. The van der Waals surface area contributed by atoms with Gasteiger partial charge in [-0.2, -0.15) is 45.3 Å². The average Bonchev–Trinajstić information content (AvgIpc) is 3.64. The van der Waals surface area contributed by atoms with Crippen LogP contribution in [0.15, 0.2) is 57.8 Å². The number of aromatic nitrogens is 6. The molecule has 0 saturated heterocycles. The van der Waals surface area contributed by atoms with Crippen LogP contribution in [0.1, 0.15) is 46.7 Å². The van der Waals surface area contributed by atoms with Crippen LogP contribution in [0.25, 0.3) is 27.5 Å². The predicted molar refractivity (Wildman–Crippen MR) is 201 cm³/mol. The number of fused-ring (bicyclic) bond motifs is 5. The number of carbonyl (C=O) groups is 1. The molecule has 322 valence electrons. The van der Waals surface area contributed by atoms with Crippen molar-refractivity contribution >= 4 is 71.1 Å². The maximum absolute atomic E-state index is 15.4. The lowest BCUT2D eigenvalue weighted by Crippen LogP contribution is -2.38. The van der Waals surface area contributed by atoms with Crippen LogP contribution in [0.4, 0.5) is 49.7 Å². The van der Waals surface area contributed by atoms with Gasteiger partial charge in [-0.05, 0) is 60.4 Å². The van der Waals surface area contributed by atoms with E-state index in [1.54, 1.807) is 0 Å². The van der Waals surface area contributed by atoms with Gasteiger partial charge in [0.2, 0.25) is 15.9 Å². The summed E-state index contributed by atoms with van der Waals surface area (Å²) in [6, 6.07) is 6.55. The van der Waals surface area contributed by atoms with Crippen molar-refractivity contribution in [3.8, 4) is 5.69 Å². The van der Waals surface area contributed by atoms with Gasteiger partial charge in [-0.25, -0.2) is 22.2 Å². The molecule has 1 fully saturated rings. The molecule has 6 aromatic rings. The molecule has 8 rings (SSSR count). The first-order valence-electron chi connectivity index (χ1n) is 17.6. The lowest BCUT2D eigenvalue weighted by atomic mass is 10.0. The van der Waals surface area contributed by atoms with Crippen LogP contribution in [-0.4, -0.2) is 55.9 Å². The maximum atomic E-state index is 15.4. The molecule has 0 unspecified atom stereocenters. The molecule has 0 bridgehead atoms. The molecule has 3 aromatic heterocycles. The van der Waals surface area contributed by atoms with Crippen molar-refractivity contribution in [3.63, 3.8) is 0 Å². The quantitative estimate of drug-likeness (QED) is 0.133. The molecule has 25 heteroatoms. The number of amides is 1. The van der Waals surface area contributed by atoms with Crippen LogP contribution < -0.4 is 15.6 Å². The van der Waals surface area contributed by atoms with E-state index in [9.17, 15) is 53.1 Å². The van der Waals surface area contributed by atoms with Crippen LogP contribution in [0, 0.1) is 17.6 Å². The van der Waals surface area contributed by atoms with E-state index in [0.29, 0.717) is 26.0 Å². The SMILES string of the molecule is CS(=O)(=O)Nc1nn(CC(F)(F)F)c2c(-n3c([C@H](Cc4cc(F)cc(F)c4)NC(=O)Cn4nc(C(F)(F)F)c5c4C(F)(F)[C@@H]4C[C@H]54)nc4cc(Br)ccc4c3=O)ccc(Cl)c12. The molecule has 12 nitrogen and oxygen atoms in total. The number of sulfonamides is 1. The number of alkyl halides is 8. The van der Waals surface area contributed by atoms with Gasteiger partial charge < -0.3 is 5.32 Å². The second-order valence-corrected chi connectivity index (χ2v) is 17.6. The molecule has 1 saturated carbocycles. The Balaban J connectivity index is 1.35. The summed E-state index contributed by atoms with van der Waals surface area (Å²) in [5, 5.41) is 8.61.